The number of hydrogen-bond donors (Lipinski definition) is 1. The summed E-state index contributed by atoms with van der Waals surface area (Å²) in [5.41, 5.74) is 1.98. The normalized spacial score (nSPS) is 11.4. The van der Waals surface area contributed by atoms with Gasteiger partial charge in [-0.25, -0.2) is 4.79 Å². The SMILES string of the molecule is Cc1ccc(Oc2nc3cc(Oc4ccccc4)c(Cl)cc3[nH]2)cc1C(=O)OC(C)(C)C. The molecular weight excluding hydrogens is 428 g/mol. The molecule has 7 heteroatoms. The molecule has 0 atom stereocenters. The first-order chi connectivity index (χ1) is 15.2. The summed E-state index contributed by atoms with van der Waals surface area (Å²) in [4.78, 5) is 20.1. The number of ether oxygens (including phenoxy) is 3. The molecule has 0 spiro atoms. The quantitative estimate of drug-likeness (QED) is 0.329. The van der Waals surface area contributed by atoms with Crippen LogP contribution in [-0.4, -0.2) is 21.5 Å². The molecule has 0 aliphatic heterocycles. The van der Waals surface area contributed by atoms with Crippen molar-refractivity contribution in [2.24, 2.45) is 0 Å². The van der Waals surface area contributed by atoms with Crippen LogP contribution in [0.15, 0.2) is 60.7 Å². The van der Waals surface area contributed by atoms with Crippen molar-refractivity contribution in [3.63, 3.8) is 0 Å². The zero-order chi connectivity index (χ0) is 22.9. The highest BCUT2D eigenvalue weighted by atomic mass is 35.5. The second kappa shape index (κ2) is 8.55. The van der Waals surface area contributed by atoms with E-state index >= 15 is 0 Å². The number of nitrogens with one attached hydrogen (secondary N) is 1. The molecule has 0 radical (unpaired) electrons. The van der Waals surface area contributed by atoms with E-state index in [1.54, 1.807) is 30.3 Å². The maximum absolute atomic E-state index is 12.5. The number of carbonyl (C=O) groups is 1. The predicted molar refractivity (Wildman–Crippen MR) is 124 cm³/mol. The first-order valence-corrected chi connectivity index (χ1v) is 10.5. The molecule has 0 amide bonds. The number of aryl methyl sites for hydroxylation is 1. The number of nitrogens with zero attached hydrogens (tertiary/aromatic N) is 1. The minimum Gasteiger partial charge on any atom is -0.456 e. The van der Waals surface area contributed by atoms with E-state index in [0.29, 0.717) is 38.9 Å². The van der Waals surface area contributed by atoms with Gasteiger partial charge < -0.3 is 19.2 Å². The van der Waals surface area contributed by atoms with Crippen LogP contribution in [0, 0.1) is 6.92 Å². The van der Waals surface area contributed by atoms with Gasteiger partial charge in [-0.3, -0.25) is 0 Å². The molecule has 0 unspecified atom stereocenters. The van der Waals surface area contributed by atoms with Crippen LogP contribution >= 0.6 is 11.6 Å². The molecule has 0 aliphatic rings. The summed E-state index contributed by atoms with van der Waals surface area (Å²) in [7, 11) is 0. The third-order valence-electron chi connectivity index (χ3n) is 4.53. The average molecular weight is 451 g/mol. The Morgan fingerprint density at radius 2 is 1.72 bits per heavy atom. The molecule has 32 heavy (non-hydrogen) atoms. The van der Waals surface area contributed by atoms with Crippen molar-refractivity contribution in [3.05, 3.63) is 76.8 Å². The Bertz CT molecular complexity index is 1280. The summed E-state index contributed by atoms with van der Waals surface area (Å²) < 4.78 is 17.2. The number of rotatable bonds is 5. The van der Waals surface area contributed by atoms with Crippen LogP contribution < -0.4 is 9.47 Å². The number of halogens is 1. The number of esters is 1. The number of benzene rings is 3. The number of aromatic amines is 1. The number of fused-ring (bicyclic) bond motifs is 1. The zero-order valence-corrected chi connectivity index (χ0v) is 19.0. The smallest absolute Gasteiger partial charge is 0.339 e. The van der Waals surface area contributed by atoms with E-state index in [0.717, 1.165) is 5.56 Å². The molecule has 1 heterocycles. The standard InChI is InChI=1S/C25H23ClN2O4/c1-15-10-11-17(12-18(15)23(29)32-25(2,3)4)31-24-27-20-13-19(26)22(14-21(20)28-24)30-16-8-6-5-7-9-16/h5-14H,1-4H3,(H,27,28). The van der Waals surface area contributed by atoms with E-state index in [1.807, 2.05) is 58.0 Å². The Labute approximate surface area is 191 Å². The molecule has 3 aromatic carbocycles. The lowest BCUT2D eigenvalue weighted by Gasteiger charge is -2.20. The van der Waals surface area contributed by atoms with Gasteiger partial charge in [0.2, 0.25) is 0 Å². The summed E-state index contributed by atoms with van der Waals surface area (Å²) in [5, 5.41) is 0.444. The molecule has 4 aromatic rings. The van der Waals surface area contributed by atoms with Gasteiger partial charge in [0.05, 0.1) is 21.6 Å². The highest BCUT2D eigenvalue weighted by molar-refractivity contribution is 6.32. The number of carbonyl (C=O) groups excluding carboxylic acids is 1. The minimum absolute atomic E-state index is 0.270. The first kappa shape index (κ1) is 21.7. The Hall–Kier alpha value is -3.51. The van der Waals surface area contributed by atoms with Crippen LogP contribution in [0.2, 0.25) is 5.02 Å². The molecule has 1 aromatic heterocycles. The van der Waals surface area contributed by atoms with Crippen LogP contribution in [-0.2, 0) is 4.74 Å². The number of H-pyrrole nitrogens is 1. The molecule has 0 saturated heterocycles. The molecule has 0 saturated carbocycles. The molecule has 0 bridgehead atoms. The van der Waals surface area contributed by atoms with E-state index in [1.165, 1.54) is 0 Å². The van der Waals surface area contributed by atoms with Crippen LogP contribution in [0.25, 0.3) is 11.0 Å². The van der Waals surface area contributed by atoms with Crippen LogP contribution in [0.3, 0.4) is 0 Å². The fraction of sp³-hybridized carbons (Fsp3) is 0.200. The molecule has 6 nitrogen and oxygen atoms in total. The lowest BCUT2D eigenvalue weighted by Crippen LogP contribution is -2.24. The van der Waals surface area contributed by atoms with E-state index in [4.69, 9.17) is 25.8 Å². The van der Waals surface area contributed by atoms with Crippen molar-refractivity contribution >= 4 is 28.6 Å². The minimum atomic E-state index is -0.585. The molecular formula is C25H23ClN2O4. The van der Waals surface area contributed by atoms with E-state index in [2.05, 4.69) is 9.97 Å². The predicted octanol–water partition coefficient (Wildman–Crippen LogP) is 7.06. The van der Waals surface area contributed by atoms with Gasteiger partial charge in [0.15, 0.2) is 0 Å². The van der Waals surface area contributed by atoms with Crippen molar-refractivity contribution in [1.29, 1.82) is 0 Å². The van der Waals surface area contributed by atoms with Crippen molar-refractivity contribution in [3.8, 4) is 23.3 Å². The van der Waals surface area contributed by atoms with Gasteiger partial charge in [-0.2, -0.15) is 4.98 Å². The Kier molecular flexibility index (Phi) is 5.80. The van der Waals surface area contributed by atoms with Gasteiger partial charge in [0.1, 0.15) is 22.8 Å². The average Bonchev–Trinajstić information content (AvgIpc) is 3.10. The summed E-state index contributed by atoms with van der Waals surface area (Å²) >= 11 is 6.38. The Balaban J connectivity index is 1.58. The largest absolute Gasteiger partial charge is 0.456 e. The zero-order valence-electron chi connectivity index (χ0n) is 18.2. The number of imidazole rings is 1. The Morgan fingerprint density at radius 3 is 2.44 bits per heavy atom. The van der Waals surface area contributed by atoms with Gasteiger partial charge in [-0.15, -0.1) is 0 Å². The third kappa shape index (κ3) is 5.03. The van der Waals surface area contributed by atoms with Crippen molar-refractivity contribution in [1.82, 2.24) is 9.97 Å². The lowest BCUT2D eigenvalue weighted by molar-refractivity contribution is 0.00684. The summed E-state index contributed by atoms with van der Waals surface area (Å²) in [6.45, 7) is 7.34. The maximum atomic E-state index is 12.5. The number of para-hydroxylation sites is 1. The molecule has 164 valence electrons. The van der Waals surface area contributed by atoms with E-state index in [9.17, 15) is 4.79 Å². The van der Waals surface area contributed by atoms with Crippen LogP contribution in [0.5, 0.6) is 23.3 Å². The second-order valence-corrected chi connectivity index (χ2v) is 8.74. The highest BCUT2D eigenvalue weighted by Gasteiger charge is 2.20. The first-order valence-electron chi connectivity index (χ1n) is 10.1. The second-order valence-electron chi connectivity index (χ2n) is 8.34. The van der Waals surface area contributed by atoms with Crippen molar-refractivity contribution < 1.29 is 19.0 Å². The number of hydrogen-bond acceptors (Lipinski definition) is 5. The molecule has 1 N–H and O–H groups in total. The highest BCUT2D eigenvalue weighted by Crippen LogP contribution is 2.34. The van der Waals surface area contributed by atoms with Gasteiger partial charge in [0.25, 0.3) is 6.01 Å². The van der Waals surface area contributed by atoms with Gasteiger partial charge in [-0.1, -0.05) is 35.9 Å². The number of aromatic nitrogens is 2. The van der Waals surface area contributed by atoms with Gasteiger partial charge >= 0.3 is 5.97 Å². The van der Waals surface area contributed by atoms with Crippen LogP contribution in [0.4, 0.5) is 0 Å². The lowest BCUT2D eigenvalue weighted by atomic mass is 10.1. The molecule has 0 fully saturated rings. The summed E-state index contributed by atoms with van der Waals surface area (Å²) in [5.74, 6) is 1.22. The molecule has 0 aliphatic carbocycles. The fourth-order valence-electron chi connectivity index (χ4n) is 3.06. The Morgan fingerprint density at radius 1 is 0.969 bits per heavy atom. The van der Waals surface area contributed by atoms with Gasteiger partial charge in [0, 0.05) is 6.07 Å². The third-order valence-corrected chi connectivity index (χ3v) is 4.82. The monoisotopic (exact) mass is 450 g/mol. The van der Waals surface area contributed by atoms with Crippen LogP contribution in [0.1, 0.15) is 36.7 Å². The summed E-state index contributed by atoms with van der Waals surface area (Å²) in [6.07, 6.45) is 0. The van der Waals surface area contributed by atoms with E-state index < -0.39 is 11.6 Å². The van der Waals surface area contributed by atoms with E-state index in [-0.39, 0.29) is 6.01 Å². The fourth-order valence-corrected chi connectivity index (χ4v) is 3.26. The maximum Gasteiger partial charge on any atom is 0.339 e. The van der Waals surface area contributed by atoms with Gasteiger partial charge in [-0.05, 0) is 63.6 Å². The topological polar surface area (TPSA) is 73.4 Å². The van der Waals surface area contributed by atoms with Crippen molar-refractivity contribution in [2.45, 2.75) is 33.3 Å². The summed E-state index contributed by atoms with van der Waals surface area (Å²) in [6, 6.07) is 18.3. The molecule has 4 rings (SSSR count). The van der Waals surface area contributed by atoms with Crippen molar-refractivity contribution in [2.75, 3.05) is 0 Å².